The van der Waals surface area contributed by atoms with Gasteiger partial charge in [0.05, 0.1) is 6.10 Å². The predicted molar refractivity (Wildman–Crippen MR) is 81.0 cm³/mol. The van der Waals surface area contributed by atoms with Crippen LogP contribution in [0.1, 0.15) is 61.6 Å². The van der Waals surface area contributed by atoms with Crippen LogP contribution < -0.4 is 0 Å². The first-order valence-corrected chi connectivity index (χ1v) is 7.90. The first-order valence-electron chi connectivity index (χ1n) is 7.90. The fourth-order valence-electron chi connectivity index (χ4n) is 4.55. The van der Waals surface area contributed by atoms with Crippen LogP contribution in [0.5, 0.6) is 5.75 Å². The van der Waals surface area contributed by atoms with Crippen LogP contribution in [0.2, 0.25) is 0 Å². The van der Waals surface area contributed by atoms with Gasteiger partial charge in [-0.2, -0.15) is 0 Å². The van der Waals surface area contributed by atoms with Gasteiger partial charge in [-0.05, 0) is 86.0 Å². The van der Waals surface area contributed by atoms with Gasteiger partial charge in [-0.3, -0.25) is 0 Å². The topological polar surface area (TPSA) is 40.5 Å². The Balaban J connectivity index is 1.86. The van der Waals surface area contributed by atoms with Gasteiger partial charge in [0.2, 0.25) is 0 Å². The SMILES string of the molecule is Cc1c(O)ccc([C@H]2CC[C@@]3(C)[C@H](CC[C@@H]3O)C2)c1C. The molecule has 2 N–H and O–H groups in total. The number of hydrogen-bond acceptors (Lipinski definition) is 2. The molecule has 2 saturated carbocycles. The molecule has 0 aliphatic heterocycles. The standard InChI is InChI=1S/C18H26O2/c1-11-12(2)16(19)6-5-15(11)13-8-9-18(3)14(10-13)4-7-17(18)20/h5-6,13-14,17,19-20H,4,7-10H2,1-3H3/t13-,14+,17-,18-/m0/s1. The third kappa shape index (κ3) is 1.96. The Morgan fingerprint density at radius 1 is 1.10 bits per heavy atom. The lowest BCUT2D eigenvalue weighted by molar-refractivity contribution is 0.00866. The number of aliphatic hydroxyl groups excluding tert-OH is 1. The molecule has 2 nitrogen and oxygen atoms in total. The molecule has 2 aliphatic carbocycles. The molecule has 20 heavy (non-hydrogen) atoms. The molecule has 0 amide bonds. The Labute approximate surface area is 121 Å². The molecular weight excluding hydrogens is 248 g/mol. The summed E-state index contributed by atoms with van der Waals surface area (Å²) in [6.07, 6.45) is 5.53. The Morgan fingerprint density at radius 2 is 1.85 bits per heavy atom. The van der Waals surface area contributed by atoms with Gasteiger partial charge in [0.25, 0.3) is 0 Å². The third-order valence-corrected chi connectivity index (χ3v) is 6.32. The zero-order chi connectivity index (χ0) is 14.5. The molecule has 0 saturated heterocycles. The molecule has 2 fully saturated rings. The van der Waals surface area contributed by atoms with Crippen molar-refractivity contribution in [2.24, 2.45) is 11.3 Å². The smallest absolute Gasteiger partial charge is 0.118 e. The van der Waals surface area contributed by atoms with E-state index in [1.165, 1.54) is 24.0 Å². The molecule has 1 aromatic carbocycles. The molecule has 0 heterocycles. The summed E-state index contributed by atoms with van der Waals surface area (Å²) < 4.78 is 0. The summed E-state index contributed by atoms with van der Waals surface area (Å²) in [5.74, 6) is 1.66. The maximum Gasteiger partial charge on any atom is 0.118 e. The van der Waals surface area contributed by atoms with E-state index in [1.807, 2.05) is 13.0 Å². The normalized spacial score (nSPS) is 36.9. The predicted octanol–water partition coefficient (Wildman–Crippen LogP) is 4.05. The minimum absolute atomic E-state index is 0.101. The van der Waals surface area contributed by atoms with Gasteiger partial charge in [0.1, 0.15) is 5.75 Å². The zero-order valence-corrected chi connectivity index (χ0v) is 12.8. The van der Waals surface area contributed by atoms with Crippen molar-refractivity contribution in [2.75, 3.05) is 0 Å². The lowest BCUT2D eigenvalue weighted by Gasteiger charge is -2.42. The van der Waals surface area contributed by atoms with E-state index in [4.69, 9.17) is 0 Å². The maximum absolute atomic E-state index is 10.2. The number of fused-ring (bicyclic) bond motifs is 1. The average Bonchev–Trinajstić information content (AvgIpc) is 2.72. The monoisotopic (exact) mass is 274 g/mol. The highest BCUT2D eigenvalue weighted by atomic mass is 16.3. The number of phenolic OH excluding ortho intramolecular Hbond substituents is 1. The van der Waals surface area contributed by atoms with E-state index < -0.39 is 0 Å². The second kappa shape index (κ2) is 4.77. The molecular formula is C18H26O2. The minimum Gasteiger partial charge on any atom is -0.508 e. The van der Waals surface area contributed by atoms with Gasteiger partial charge in [0.15, 0.2) is 0 Å². The number of aliphatic hydroxyl groups is 1. The van der Waals surface area contributed by atoms with E-state index in [1.54, 1.807) is 0 Å². The maximum atomic E-state index is 10.2. The van der Waals surface area contributed by atoms with E-state index in [2.05, 4.69) is 19.9 Å². The van der Waals surface area contributed by atoms with Crippen LogP contribution >= 0.6 is 0 Å². The van der Waals surface area contributed by atoms with Gasteiger partial charge in [-0.15, -0.1) is 0 Å². The van der Waals surface area contributed by atoms with Crippen LogP contribution in [-0.2, 0) is 0 Å². The first-order chi connectivity index (χ1) is 9.43. The van der Waals surface area contributed by atoms with Crippen molar-refractivity contribution in [2.45, 2.75) is 64.9 Å². The van der Waals surface area contributed by atoms with Crippen LogP contribution in [0.4, 0.5) is 0 Å². The van der Waals surface area contributed by atoms with Crippen molar-refractivity contribution >= 4 is 0 Å². The highest BCUT2D eigenvalue weighted by molar-refractivity contribution is 5.44. The molecule has 2 heteroatoms. The molecule has 0 spiro atoms. The summed E-state index contributed by atoms with van der Waals surface area (Å²) in [5.41, 5.74) is 3.82. The largest absolute Gasteiger partial charge is 0.508 e. The number of hydrogen-bond donors (Lipinski definition) is 2. The summed E-state index contributed by atoms with van der Waals surface area (Å²) in [5, 5.41) is 20.1. The van der Waals surface area contributed by atoms with Crippen molar-refractivity contribution in [3.8, 4) is 5.75 Å². The number of phenols is 1. The molecule has 0 bridgehead atoms. The minimum atomic E-state index is -0.101. The van der Waals surface area contributed by atoms with Gasteiger partial charge in [-0.1, -0.05) is 13.0 Å². The fraction of sp³-hybridized carbons (Fsp3) is 0.667. The lowest BCUT2D eigenvalue weighted by Crippen LogP contribution is -2.37. The highest BCUT2D eigenvalue weighted by Gasteiger charge is 2.49. The van der Waals surface area contributed by atoms with Crippen molar-refractivity contribution in [3.05, 3.63) is 28.8 Å². The van der Waals surface area contributed by atoms with E-state index >= 15 is 0 Å². The fourth-order valence-corrected chi connectivity index (χ4v) is 4.55. The van der Waals surface area contributed by atoms with Gasteiger partial charge in [0, 0.05) is 0 Å². The van der Waals surface area contributed by atoms with Gasteiger partial charge >= 0.3 is 0 Å². The Hall–Kier alpha value is -1.02. The van der Waals surface area contributed by atoms with Crippen molar-refractivity contribution in [3.63, 3.8) is 0 Å². The summed E-state index contributed by atoms with van der Waals surface area (Å²) >= 11 is 0. The van der Waals surface area contributed by atoms with E-state index in [0.29, 0.717) is 17.6 Å². The van der Waals surface area contributed by atoms with E-state index in [9.17, 15) is 10.2 Å². The van der Waals surface area contributed by atoms with Gasteiger partial charge in [-0.25, -0.2) is 0 Å². The number of rotatable bonds is 1. The number of benzene rings is 1. The summed E-state index contributed by atoms with van der Waals surface area (Å²) in [7, 11) is 0. The Morgan fingerprint density at radius 3 is 2.60 bits per heavy atom. The van der Waals surface area contributed by atoms with E-state index in [-0.39, 0.29) is 11.5 Å². The van der Waals surface area contributed by atoms with Gasteiger partial charge < -0.3 is 10.2 Å². The quantitative estimate of drug-likeness (QED) is 0.811. The van der Waals surface area contributed by atoms with Crippen molar-refractivity contribution in [1.29, 1.82) is 0 Å². The van der Waals surface area contributed by atoms with Crippen LogP contribution in [0.25, 0.3) is 0 Å². The van der Waals surface area contributed by atoms with Crippen LogP contribution in [-0.4, -0.2) is 16.3 Å². The van der Waals surface area contributed by atoms with Crippen LogP contribution in [0, 0.1) is 25.2 Å². The second-order valence-electron chi connectivity index (χ2n) is 7.19. The summed E-state index contributed by atoms with van der Waals surface area (Å²) in [6.45, 7) is 6.41. The molecule has 4 atom stereocenters. The molecule has 110 valence electrons. The second-order valence-corrected chi connectivity index (χ2v) is 7.19. The average molecular weight is 274 g/mol. The summed E-state index contributed by atoms with van der Waals surface area (Å²) in [4.78, 5) is 0. The molecule has 3 rings (SSSR count). The number of aromatic hydroxyl groups is 1. The third-order valence-electron chi connectivity index (χ3n) is 6.32. The lowest BCUT2D eigenvalue weighted by atomic mass is 9.63. The van der Waals surface area contributed by atoms with Crippen molar-refractivity contribution < 1.29 is 10.2 Å². The Kier molecular flexibility index (Phi) is 3.32. The van der Waals surface area contributed by atoms with Crippen molar-refractivity contribution in [1.82, 2.24) is 0 Å². The highest BCUT2D eigenvalue weighted by Crippen LogP contribution is 2.55. The molecule has 0 radical (unpaired) electrons. The van der Waals surface area contributed by atoms with E-state index in [0.717, 1.165) is 24.8 Å². The molecule has 1 aromatic rings. The molecule has 2 aliphatic rings. The zero-order valence-electron chi connectivity index (χ0n) is 12.8. The van der Waals surface area contributed by atoms with Crippen LogP contribution in [0.3, 0.4) is 0 Å². The Bertz CT molecular complexity index is 522. The molecule has 0 aromatic heterocycles. The first kappa shape index (κ1) is 13.9. The summed E-state index contributed by atoms with van der Waals surface area (Å²) in [6, 6.07) is 3.95. The van der Waals surface area contributed by atoms with Crippen LogP contribution in [0.15, 0.2) is 12.1 Å². The molecule has 0 unspecified atom stereocenters.